The number of anilines is 1. The Balaban J connectivity index is 1.98. The maximum Gasteiger partial charge on any atom is 0.244 e. The number of nitrogens with zero attached hydrogens (tertiary/aromatic N) is 2. The highest BCUT2D eigenvalue weighted by molar-refractivity contribution is 7.92. The predicted octanol–water partition coefficient (Wildman–Crippen LogP) is 3.60. The summed E-state index contributed by atoms with van der Waals surface area (Å²) in [5.74, 6) is -0.118. The Hall–Kier alpha value is -2.98. The highest BCUT2D eigenvalue weighted by Gasteiger charge is 2.33. The van der Waals surface area contributed by atoms with Crippen molar-refractivity contribution >= 4 is 39.1 Å². The molecule has 37 heavy (non-hydrogen) atoms. The van der Waals surface area contributed by atoms with Gasteiger partial charge in [0.1, 0.15) is 25.8 Å². The number of ether oxygens (including phenoxy) is 2. The number of nitrogens with one attached hydrogen (secondary N) is 1. The lowest BCUT2D eigenvalue weighted by Crippen LogP contribution is -2.52. The monoisotopic (exact) mass is 551 g/mol. The van der Waals surface area contributed by atoms with E-state index >= 15 is 0 Å². The molecule has 1 aliphatic rings. The third kappa shape index (κ3) is 7.07. The van der Waals surface area contributed by atoms with E-state index in [1.807, 2.05) is 13.8 Å². The molecule has 2 aromatic rings. The molecule has 2 amide bonds. The van der Waals surface area contributed by atoms with Crippen molar-refractivity contribution in [3.63, 3.8) is 0 Å². The van der Waals surface area contributed by atoms with Gasteiger partial charge < -0.3 is 19.7 Å². The number of carbonyl (C=O) groups is 2. The number of amides is 2. The van der Waals surface area contributed by atoms with E-state index in [2.05, 4.69) is 5.32 Å². The fraction of sp³-hybridized carbons (Fsp3) is 0.462. The quantitative estimate of drug-likeness (QED) is 0.432. The van der Waals surface area contributed by atoms with Gasteiger partial charge in [-0.2, -0.15) is 0 Å². The van der Waals surface area contributed by atoms with Crippen LogP contribution in [0.3, 0.4) is 0 Å². The number of rotatable bonds is 12. The summed E-state index contributed by atoms with van der Waals surface area (Å²) in [4.78, 5) is 28.2. The predicted molar refractivity (Wildman–Crippen MR) is 144 cm³/mol. The van der Waals surface area contributed by atoms with Gasteiger partial charge in [-0.1, -0.05) is 43.6 Å². The van der Waals surface area contributed by atoms with E-state index in [4.69, 9.17) is 21.1 Å². The molecule has 202 valence electrons. The standard InChI is InChI=1S/C26H34ClN3O6S/c1-4-13-28-26(32)22(5-2)29(17-19-9-7-8-10-21(19)27)25(31)18-30(37(33,34)6-3)20-11-12-23-24(16-20)36-15-14-35-23/h7-12,16,22H,4-6,13-15,17-18H2,1-3H3,(H,28,32)/t22-/m0/s1. The van der Waals surface area contributed by atoms with Crippen LogP contribution >= 0.6 is 11.6 Å². The molecular weight excluding hydrogens is 518 g/mol. The summed E-state index contributed by atoms with van der Waals surface area (Å²) in [6.07, 6.45) is 1.09. The van der Waals surface area contributed by atoms with Crippen molar-refractivity contribution in [2.45, 2.75) is 46.2 Å². The second kappa shape index (κ2) is 13.0. The number of benzene rings is 2. The summed E-state index contributed by atoms with van der Waals surface area (Å²) >= 11 is 6.38. The Morgan fingerprint density at radius 2 is 1.76 bits per heavy atom. The Labute approximate surface area is 223 Å². The minimum Gasteiger partial charge on any atom is -0.486 e. The van der Waals surface area contributed by atoms with Gasteiger partial charge in [-0.25, -0.2) is 8.42 Å². The summed E-state index contributed by atoms with van der Waals surface area (Å²) in [6, 6.07) is 11.0. The first-order valence-corrected chi connectivity index (χ1v) is 14.4. The van der Waals surface area contributed by atoms with Crippen LogP contribution in [0.15, 0.2) is 42.5 Å². The largest absolute Gasteiger partial charge is 0.486 e. The summed E-state index contributed by atoms with van der Waals surface area (Å²) in [5.41, 5.74) is 0.934. The van der Waals surface area contributed by atoms with Crippen molar-refractivity contribution in [1.29, 1.82) is 0 Å². The number of carbonyl (C=O) groups excluding carboxylic acids is 2. The molecule has 3 rings (SSSR count). The second-order valence-corrected chi connectivity index (χ2v) is 11.2. The van der Waals surface area contributed by atoms with Crippen LogP contribution in [-0.4, -0.2) is 63.2 Å². The topological polar surface area (TPSA) is 105 Å². The van der Waals surface area contributed by atoms with Gasteiger partial charge in [0.25, 0.3) is 0 Å². The van der Waals surface area contributed by atoms with E-state index in [-0.39, 0.29) is 23.9 Å². The summed E-state index contributed by atoms with van der Waals surface area (Å²) in [6.45, 7) is 6.04. The molecule has 0 saturated carbocycles. The molecule has 2 aromatic carbocycles. The molecule has 0 saturated heterocycles. The summed E-state index contributed by atoms with van der Waals surface area (Å²) in [7, 11) is -3.85. The van der Waals surface area contributed by atoms with E-state index < -0.39 is 28.5 Å². The lowest BCUT2D eigenvalue weighted by atomic mass is 10.1. The zero-order chi connectivity index (χ0) is 27.0. The lowest BCUT2D eigenvalue weighted by Gasteiger charge is -2.33. The van der Waals surface area contributed by atoms with Crippen LogP contribution in [0.1, 0.15) is 39.2 Å². The molecule has 0 bridgehead atoms. The van der Waals surface area contributed by atoms with Crippen molar-refractivity contribution in [3.05, 3.63) is 53.1 Å². The number of hydrogen-bond donors (Lipinski definition) is 1. The molecule has 0 unspecified atom stereocenters. The highest BCUT2D eigenvalue weighted by atomic mass is 35.5. The Bertz CT molecular complexity index is 1210. The van der Waals surface area contributed by atoms with Gasteiger partial charge in [-0.3, -0.25) is 13.9 Å². The van der Waals surface area contributed by atoms with Gasteiger partial charge in [0.15, 0.2) is 11.5 Å². The number of hydrogen-bond acceptors (Lipinski definition) is 6. The maximum absolute atomic E-state index is 13.8. The van der Waals surface area contributed by atoms with Crippen LogP contribution in [-0.2, 0) is 26.2 Å². The Morgan fingerprint density at radius 3 is 2.41 bits per heavy atom. The fourth-order valence-electron chi connectivity index (χ4n) is 4.00. The van der Waals surface area contributed by atoms with Crippen molar-refractivity contribution in [2.24, 2.45) is 0 Å². The first kappa shape index (κ1) is 28.6. The maximum atomic E-state index is 13.8. The van der Waals surface area contributed by atoms with E-state index in [0.717, 1.165) is 10.7 Å². The molecule has 0 fully saturated rings. The minimum atomic E-state index is -3.85. The highest BCUT2D eigenvalue weighted by Crippen LogP contribution is 2.35. The number of sulfonamides is 1. The molecule has 1 N–H and O–H groups in total. The van der Waals surface area contributed by atoms with E-state index in [9.17, 15) is 18.0 Å². The van der Waals surface area contributed by atoms with Gasteiger partial charge in [0.05, 0.1) is 11.4 Å². The summed E-state index contributed by atoms with van der Waals surface area (Å²) < 4.78 is 38.5. The average molecular weight is 552 g/mol. The van der Waals surface area contributed by atoms with E-state index in [1.165, 1.54) is 11.8 Å². The average Bonchev–Trinajstić information content (AvgIpc) is 2.90. The normalized spacial score (nSPS) is 13.5. The van der Waals surface area contributed by atoms with Gasteiger partial charge in [0.2, 0.25) is 21.8 Å². The number of fused-ring (bicyclic) bond motifs is 1. The zero-order valence-electron chi connectivity index (χ0n) is 21.4. The molecule has 1 heterocycles. The van der Waals surface area contributed by atoms with Gasteiger partial charge in [0, 0.05) is 24.2 Å². The van der Waals surface area contributed by atoms with Gasteiger partial charge in [-0.15, -0.1) is 0 Å². The Kier molecular flexibility index (Phi) is 10.0. The second-order valence-electron chi connectivity index (χ2n) is 8.56. The van der Waals surface area contributed by atoms with Crippen LogP contribution < -0.4 is 19.1 Å². The zero-order valence-corrected chi connectivity index (χ0v) is 23.0. The molecule has 0 aromatic heterocycles. The van der Waals surface area contributed by atoms with Crippen LogP contribution in [0.4, 0.5) is 5.69 Å². The first-order valence-electron chi connectivity index (χ1n) is 12.4. The molecule has 0 spiro atoms. The molecule has 11 heteroatoms. The third-order valence-electron chi connectivity index (χ3n) is 6.03. The van der Waals surface area contributed by atoms with Crippen molar-refractivity contribution in [3.8, 4) is 11.5 Å². The molecule has 1 atom stereocenters. The Morgan fingerprint density at radius 1 is 1.05 bits per heavy atom. The molecule has 9 nitrogen and oxygen atoms in total. The van der Waals surface area contributed by atoms with Crippen LogP contribution in [0, 0.1) is 0 Å². The van der Waals surface area contributed by atoms with Crippen LogP contribution in [0.25, 0.3) is 0 Å². The smallest absolute Gasteiger partial charge is 0.244 e. The van der Waals surface area contributed by atoms with Gasteiger partial charge >= 0.3 is 0 Å². The molecular formula is C26H34ClN3O6S. The molecule has 1 aliphatic heterocycles. The van der Waals surface area contributed by atoms with Crippen molar-refractivity contribution < 1.29 is 27.5 Å². The lowest BCUT2D eigenvalue weighted by molar-refractivity contribution is -0.140. The SMILES string of the molecule is CCCNC(=O)[C@H](CC)N(Cc1ccccc1Cl)C(=O)CN(c1ccc2c(c1)OCCO2)S(=O)(=O)CC. The van der Waals surface area contributed by atoms with E-state index in [1.54, 1.807) is 42.5 Å². The van der Waals surface area contributed by atoms with E-state index in [0.29, 0.717) is 48.3 Å². The van der Waals surface area contributed by atoms with Crippen molar-refractivity contribution in [1.82, 2.24) is 10.2 Å². The van der Waals surface area contributed by atoms with Crippen LogP contribution in [0.5, 0.6) is 11.5 Å². The molecule has 0 aliphatic carbocycles. The van der Waals surface area contributed by atoms with Crippen LogP contribution in [0.2, 0.25) is 5.02 Å². The first-order chi connectivity index (χ1) is 17.7. The van der Waals surface area contributed by atoms with Gasteiger partial charge in [-0.05, 0) is 43.5 Å². The fourth-order valence-corrected chi connectivity index (χ4v) is 5.25. The summed E-state index contributed by atoms with van der Waals surface area (Å²) in [5, 5.41) is 3.30. The molecule has 0 radical (unpaired) electrons. The third-order valence-corrected chi connectivity index (χ3v) is 8.14. The number of halogens is 1. The minimum absolute atomic E-state index is 0.0533. The van der Waals surface area contributed by atoms with Crippen molar-refractivity contribution in [2.75, 3.05) is 36.4 Å².